The van der Waals surface area contributed by atoms with E-state index in [-0.39, 0.29) is 11.6 Å². The van der Waals surface area contributed by atoms with Gasteiger partial charge in [0.05, 0.1) is 10.9 Å². The normalized spacial score (nSPS) is 10.8. The summed E-state index contributed by atoms with van der Waals surface area (Å²) < 4.78 is 0. The van der Waals surface area contributed by atoms with Crippen molar-refractivity contribution < 1.29 is 5.11 Å². The van der Waals surface area contributed by atoms with Gasteiger partial charge in [-0.2, -0.15) is 0 Å². The Bertz CT molecular complexity index is 765. The number of phenolic OH excluding ortho intramolecular Hbond substituents is 1. The molecule has 0 saturated heterocycles. The minimum atomic E-state index is 0.0684. The summed E-state index contributed by atoms with van der Waals surface area (Å²) in [5, 5.41) is 11.0. The van der Waals surface area contributed by atoms with Crippen LogP contribution < -0.4 is 5.73 Å². The van der Waals surface area contributed by atoms with Crippen molar-refractivity contribution in [3.05, 3.63) is 47.7 Å². The lowest BCUT2D eigenvalue weighted by Crippen LogP contribution is -1.95. The molecule has 94 valence electrons. The van der Waals surface area contributed by atoms with E-state index in [2.05, 4.69) is 9.97 Å². The van der Waals surface area contributed by atoms with Gasteiger partial charge in [0, 0.05) is 10.6 Å². The lowest BCUT2D eigenvalue weighted by molar-refractivity contribution is 0.481. The van der Waals surface area contributed by atoms with Crippen molar-refractivity contribution in [2.45, 2.75) is 0 Å². The Balaban J connectivity index is 2.37. The fourth-order valence-corrected chi connectivity index (χ4v) is 2.26. The van der Waals surface area contributed by atoms with Crippen molar-refractivity contribution in [2.24, 2.45) is 0 Å². The number of fused-ring (bicyclic) bond motifs is 1. The van der Waals surface area contributed by atoms with Crippen molar-refractivity contribution in [3.63, 3.8) is 0 Å². The van der Waals surface area contributed by atoms with Gasteiger partial charge in [0.1, 0.15) is 17.9 Å². The van der Waals surface area contributed by atoms with Crippen LogP contribution in [0.5, 0.6) is 5.75 Å². The maximum Gasteiger partial charge on any atom is 0.138 e. The number of nitrogens with zero attached hydrogens (tertiary/aromatic N) is 2. The summed E-state index contributed by atoms with van der Waals surface area (Å²) in [4.78, 5) is 8.12. The number of hydrogen-bond donors (Lipinski definition) is 2. The number of benzene rings is 2. The highest BCUT2D eigenvalue weighted by atomic mass is 35.5. The molecule has 3 rings (SSSR count). The van der Waals surface area contributed by atoms with Crippen LogP contribution in [0.3, 0.4) is 0 Å². The molecule has 1 aromatic heterocycles. The average Bonchev–Trinajstić information content (AvgIpc) is 2.39. The largest absolute Gasteiger partial charge is 0.507 e. The number of hydrogen-bond acceptors (Lipinski definition) is 4. The van der Waals surface area contributed by atoms with Crippen LogP contribution in [-0.2, 0) is 0 Å². The van der Waals surface area contributed by atoms with Crippen LogP contribution in [0.4, 0.5) is 5.82 Å². The molecular weight excluding hydrogens is 262 g/mol. The van der Waals surface area contributed by atoms with E-state index in [0.29, 0.717) is 15.9 Å². The van der Waals surface area contributed by atoms with Crippen LogP contribution in [0.15, 0.2) is 42.7 Å². The number of aromatic nitrogens is 2. The van der Waals surface area contributed by atoms with E-state index in [0.717, 1.165) is 11.1 Å². The quantitative estimate of drug-likeness (QED) is 0.713. The van der Waals surface area contributed by atoms with Gasteiger partial charge in [-0.25, -0.2) is 9.97 Å². The number of nitrogens with two attached hydrogens (primary N) is 1. The van der Waals surface area contributed by atoms with Crippen LogP contribution in [0.1, 0.15) is 0 Å². The predicted octanol–water partition coefficient (Wildman–Crippen LogP) is 3.24. The molecule has 0 saturated carbocycles. The van der Waals surface area contributed by atoms with E-state index in [1.54, 1.807) is 18.2 Å². The van der Waals surface area contributed by atoms with Crippen LogP contribution >= 0.6 is 11.6 Å². The second kappa shape index (κ2) is 4.40. The van der Waals surface area contributed by atoms with Gasteiger partial charge >= 0.3 is 0 Å². The Morgan fingerprint density at radius 3 is 2.74 bits per heavy atom. The molecule has 0 aliphatic carbocycles. The predicted molar refractivity (Wildman–Crippen MR) is 76.1 cm³/mol. The summed E-state index contributed by atoms with van der Waals surface area (Å²) in [7, 11) is 0. The Hall–Kier alpha value is -2.33. The van der Waals surface area contributed by atoms with E-state index >= 15 is 0 Å². The number of rotatable bonds is 1. The molecule has 0 aliphatic heterocycles. The number of anilines is 1. The van der Waals surface area contributed by atoms with E-state index in [4.69, 9.17) is 17.3 Å². The lowest BCUT2D eigenvalue weighted by atomic mass is 10.0. The molecule has 19 heavy (non-hydrogen) atoms. The third-order valence-corrected chi connectivity index (χ3v) is 3.17. The van der Waals surface area contributed by atoms with E-state index in [1.807, 2.05) is 18.2 Å². The monoisotopic (exact) mass is 271 g/mol. The van der Waals surface area contributed by atoms with Crippen LogP contribution in [0.2, 0.25) is 5.02 Å². The van der Waals surface area contributed by atoms with Crippen molar-refractivity contribution in [1.29, 1.82) is 0 Å². The molecule has 0 spiro atoms. The Labute approximate surface area is 114 Å². The van der Waals surface area contributed by atoms with Gasteiger partial charge in [0.2, 0.25) is 0 Å². The maximum absolute atomic E-state index is 9.89. The maximum atomic E-state index is 9.89. The SMILES string of the molecule is Nc1ncnc2c(-c3cccc(Cl)c3)ccc(O)c12. The summed E-state index contributed by atoms with van der Waals surface area (Å²) in [6.45, 7) is 0. The van der Waals surface area contributed by atoms with Gasteiger partial charge in [-0.1, -0.05) is 23.7 Å². The minimum absolute atomic E-state index is 0.0684. The first-order valence-corrected chi connectivity index (χ1v) is 6.02. The van der Waals surface area contributed by atoms with E-state index in [1.165, 1.54) is 6.33 Å². The van der Waals surface area contributed by atoms with Crippen molar-refractivity contribution >= 4 is 28.3 Å². The summed E-state index contributed by atoms with van der Waals surface area (Å²) >= 11 is 6.00. The van der Waals surface area contributed by atoms with Gasteiger partial charge in [0.15, 0.2) is 0 Å². The molecule has 0 unspecified atom stereocenters. The minimum Gasteiger partial charge on any atom is -0.507 e. The van der Waals surface area contributed by atoms with Crippen molar-refractivity contribution in [2.75, 3.05) is 5.73 Å². The molecule has 2 aromatic carbocycles. The highest BCUT2D eigenvalue weighted by molar-refractivity contribution is 6.30. The number of nitrogen functional groups attached to an aromatic ring is 1. The molecule has 4 nitrogen and oxygen atoms in total. The van der Waals surface area contributed by atoms with Gasteiger partial charge < -0.3 is 10.8 Å². The summed E-state index contributed by atoms with van der Waals surface area (Å²) in [6, 6.07) is 10.8. The molecular formula is C14H10ClN3O. The number of halogens is 1. The molecule has 0 radical (unpaired) electrons. The van der Waals surface area contributed by atoms with Gasteiger partial charge in [-0.05, 0) is 29.8 Å². The average molecular weight is 272 g/mol. The summed E-state index contributed by atoms with van der Waals surface area (Å²) in [5.74, 6) is 0.324. The van der Waals surface area contributed by atoms with Crippen molar-refractivity contribution in [3.8, 4) is 16.9 Å². The summed E-state index contributed by atoms with van der Waals surface area (Å²) in [5.41, 5.74) is 8.17. The van der Waals surface area contributed by atoms with Crippen LogP contribution in [-0.4, -0.2) is 15.1 Å². The highest BCUT2D eigenvalue weighted by Gasteiger charge is 2.11. The molecule has 0 aliphatic rings. The zero-order valence-corrected chi connectivity index (χ0v) is 10.6. The number of phenols is 1. The second-order valence-electron chi connectivity index (χ2n) is 4.13. The standard InChI is InChI=1S/C14H10ClN3O/c15-9-3-1-2-8(6-9)10-4-5-11(19)12-13(10)17-7-18-14(12)16/h1-7,19H,(H2,16,17,18). The fraction of sp³-hybridized carbons (Fsp3) is 0. The molecule has 1 heterocycles. The Morgan fingerprint density at radius 2 is 1.95 bits per heavy atom. The topological polar surface area (TPSA) is 72.0 Å². The number of aromatic hydroxyl groups is 1. The van der Waals surface area contributed by atoms with Crippen LogP contribution in [0, 0.1) is 0 Å². The zero-order valence-electron chi connectivity index (χ0n) is 9.84. The second-order valence-corrected chi connectivity index (χ2v) is 4.56. The Kier molecular flexibility index (Phi) is 2.72. The van der Waals surface area contributed by atoms with Gasteiger partial charge in [-0.3, -0.25) is 0 Å². The molecule has 3 aromatic rings. The smallest absolute Gasteiger partial charge is 0.138 e. The fourth-order valence-electron chi connectivity index (χ4n) is 2.07. The summed E-state index contributed by atoms with van der Waals surface area (Å²) in [6.07, 6.45) is 1.38. The van der Waals surface area contributed by atoms with Gasteiger partial charge in [0.25, 0.3) is 0 Å². The molecule has 0 atom stereocenters. The van der Waals surface area contributed by atoms with E-state index < -0.39 is 0 Å². The molecule has 0 fully saturated rings. The first-order chi connectivity index (χ1) is 9.16. The van der Waals surface area contributed by atoms with Crippen molar-refractivity contribution in [1.82, 2.24) is 9.97 Å². The molecule has 0 amide bonds. The van der Waals surface area contributed by atoms with Crippen LogP contribution in [0.25, 0.3) is 22.0 Å². The molecule has 5 heteroatoms. The highest BCUT2D eigenvalue weighted by Crippen LogP contribution is 2.35. The molecule has 0 bridgehead atoms. The third kappa shape index (κ3) is 1.96. The first kappa shape index (κ1) is 11.7. The van der Waals surface area contributed by atoms with E-state index in [9.17, 15) is 5.11 Å². The first-order valence-electron chi connectivity index (χ1n) is 5.65. The lowest BCUT2D eigenvalue weighted by Gasteiger charge is -2.09. The van der Waals surface area contributed by atoms with Gasteiger partial charge in [-0.15, -0.1) is 0 Å². The third-order valence-electron chi connectivity index (χ3n) is 2.93. The molecule has 3 N–H and O–H groups in total. The Morgan fingerprint density at radius 1 is 1.11 bits per heavy atom. The zero-order chi connectivity index (χ0) is 13.4.